The third-order valence-corrected chi connectivity index (χ3v) is 6.32. The van der Waals surface area contributed by atoms with Crippen LogP contribution in [0, 0.1) is 0 Å². The maximum absolute atomic E-state index is 12.5. The van der Waals surface area contributed by atoms with E-state index >= 15 is 0 Å². The van der Waals surface area contributed by atoms with Crippen molar-refractivity contribution in [2.24, 2.45) is 0 Å². The average molecular weight is 498 g/mol. The van der Waals surface area contributed by atoms with Crippen molar-refractivity contribution in [2.75, 3.05) is 31.2 Å². The maximum Gasteiger partial charge on any atom is 0.255 e. The lowest BCUT2D eigenvalue weighted by atomic mass is 10.0. The van der Waals surface area contributed by atoms with E-state index in [4.69, 9.17) is 4.74 Å². The zero-order valence-electron chi connectivity index (χ0n) is 20.3. The number of hydrogen-bond donors (Lipinski definition) is 2. The van der Waals surface area contributed by atoms with Gasteiger partial charge in [0.1, 0.15) is 5.75 Å². The normalized spacial score (nSPS) is 10.4. The van der Waals surface area contributed by atoms with Crippen LogP contribution in [0.1, 0.15) is 20.7 Å². The second-order valence-electron chi connectivity index (χ2n) is 8.25. The van der Waals surface area contributed by atoms with Gasteiger partial charge < -0.3 is 19.7 Å². The lowest BCUT2D eigenvalue weighted by Crippen LogP contribution is -2.21. The Morgan fingerprint density at radius 3 is 2.19 bits per heavy atom. The largest absolute Gasteiger partial charge is 0.496 e. The number of anilines is 2. The van der Waals surface area contributed by atoms with Gasteiger partial charge in [0.2, 0.25) is 0 Å². The van der Waals surface area contributed by atoms with E-state index in [1.807, 2.05) is 84.9 Å². The summed E-state index contributed by atoms with van der Waals surface area (Å²) in [6, 6.07) is 30.1. The molecule has 0 aliphatic heterocycles. The van der Waals surface area contributed by atoms with Gasteiger partial charge in [-0.2, -0.15) is 0 Å². The van der Waals surface area contributed by atoms with Crippen LogP contribution >= 0.6 is 11.9 Å². The highest BCUT2D eigenvalue weighted by Crippen LogP contribution is 2.35. The van der Waals surface area contributed by atoms with Crippen LogP contribution in [0.25, 0.3) is 11.1 Å². The molecule has 0 saturated carbocycles. The number of amides is 2. The molecule has 4 rings (SSSR count). The average Bonchev–Trinajstić information content (AvgIpc) is 2.92. The van der Waals surface area contributed by atoms with Crippen molar-refractivity contribution < 1.29 is 14.3 Å². The summed E-state index contributed by atoms with van der Waals surface area (Å²) < 4.78 is 8.90. The summed E-state index contributed by atoms with van der Waals surface area (Å²) in [6.45, 7) is 0. The van der Waals surface area contributed by atoms with Gasteiger partial charge in [-0.15, -0.1) is 0 Å². The van der Waals surface area contributed by atoms with E-state index in [0.29, 0.717) is 16.8 Å². The van der Waals surface area contributed by atoms with Crippen LogP contribution in [0.5, 0.6) is 5.75 Å². The number of hydrogen-bond acceptors (Lipinski definition) is 5. The van der Waals surface area contributed by atoms with Crippen LogP contribution < -0.4 is 14.8 Å². The van der Waals surface area contributed by atoms with E-state index in [9.17, 15) is 9.59 Å². The lowest BCUT2D eigenvalue weighted by Gasteiger charge is -2.14. The molecule has 0 aromatic heterocycles. The molecule has 0 radical (unpaired) electrons. The number of benzene rings is 4. The number of nitrogens with one attached hydrogen (secondary N) is 2. The second-order valence-corrected chi connectivity index (χ2v) is 9.10. The highest BCUT2D eigenvalue weighted by Gasteiger charge is 2.12. The molecule has 2 amide bonds. The summed E-state index contributed by atoms with van der Waals surface area (Å²) in [5, 5.41) is 2.93. The molecule has 0 bridgehead atoms. The third kappa shape index (κ3) is 6.06. The number of rotatable bonds is 8. The minimum absolute atomic E-state index is 0.0409. The van der Waals surface area contributed by atoms with Gasteiger partial charge in [0.15, 0.2) is 0 Å². The number of nitrogens with zero attached hydrogens (tertiary/aromatic N) is 1. The fourth-order valence-electron chi connectivity index (χ4n) is 3.59. The fourth-order valence-corrected chi connectivity index (χ4v) is 4.39. The molecule has 0 fully saturated rings. The van der Waals surface area contributed by atoms with E-state index in [1.54, 1.807) is 38.2 Å². The summed E-state index contributed by atoms with van der Waals surface area (Å²) >= 11 is 1.41. The smallest absolute Gasteiger partial charge is 0.255 e. The molecule has 36 heavy (non-hydrogen) atoms. The number of carbonyl (C=O) groups excluding carboxylic acids is 2. The highest BCUT2D eigenvalue weighted by atomic mass is 32.2. The van der Waals surface area contributed by atoms with Gasteiger partial charge in [-0.1, -0.05) is 42.5 Å². The Balaban J connectivity index is 1.51. The van der Waals surface area contributed by atoms with Crippen molar-refractivity contribution in [3.63, 3.8) is 0 Å². The summed E-state index contributed by atoms with van der Waals surface area (Å²) in [5.74, 6) is 0.524. The van der Waals surface area contributed by atoms with E-state index in [0.717, 1.165) is 27.5 Å². The van der Waals surface area contributed by atoms with Crippen molar-refractivity contribution in [3.05, 3.63) is 108 Å². The first-order valence-corrected chi connectivity index (χ1v) is 12.2. The van der Waals surface area contributed by atoms with Crippen molar-refractivity contribution in [1.29, 1.82) is 0 Å². The molecular weight excluding hydrogens is 470 g/mol. The monoisotopic (exact) mass is 497 g/mol. The summed E-state index contributed by atoms with van der Waals surface area (Å²) in [5.41, 5.74) is 4.67. The Labute approximate surface area is 215 Å². The first kappa shape index (κ1) is 24.9. The summed E-state index contributed by atoms with van der Waals surface area (Å²) in [6.07, 6.45) is 0. The Bertz CT molecular complexity index is 1370. The maximum atomic E-state index is 12.5. The van der Waals surface area contributed by atoms with Crippen LogP contribution in [-0.2, 0) is 0 Å². The standard InChI is InChI=1S/C29H27N3O3S/c1-32(2)29(34)23-12-7-11-21(17-23)22-15-16-26(35-3)27(18-22)36-31-25-14-8-13-24(19-25)30-28(33)20-9-5-4-6-10-20/h4-19,31H,1-3H3,(H,30,33). The molecule has 0 aliphatic rings. The predicted molar refractivity (Wildman–Crippen MR) is 147 cm³/mol. The summed E-state index contributed by atoms with van der Waals surface area (Å²) in [7, 11) is 5.12. The zero-order valence-corrected chi connectivity index (χ0v) is 21.1. The van der Waals surface area contributed by atoms with Crippen molar-refractivity contribution in [3.8, 4) is 16.9 Å². The molecule has 0 heterocycles. The SMILES string of the molecule is COc1ccc(-c2cccc(C(=O)N(C)C)c2)cc1SNc1cccc(NC(=O)c2ccccc2)c1. The van der Waals surface area contributed by atoms with E-state index < -0.39 is 0 Å². The molecule has 0 saturated heterocycles. The van der Waals surface area contributed by atoms with Crippen molar-refractivity contribution >= 4 is 35.1 Å². The molecule has 4 aromatic rings. The van der Waals surface area contributed by atoms with Gasteiger partial charge in [0.25, 0.3) is 11.8 Å². The Morgan fingerprint density at radius 2 is 1.44 bits per heavy atom. The fraction of sp³-hybridized carbons (Fsp3) is 0.103. The number of ether oxygens (including phenoxy) is 1. The van der Waals surface area contributed by atoms with Crippen molar-refractivity contribution in [1.82, 2.24) is 4.90 Å². The highest BCUT2D eigenvalue weighted by molar-refractivity contribution is 8.00. The third-order valence-electron chi connectivity index (χ3n) is 5.45. The van der Waals surface area contributed by atoms with Gasteiger partial charge in [0, 0.05) is 36.6 Å². The van der Waals surface area contributed by atoms with Gasteiger partial charge in [-0.05, 0) is 77.7 Å². The van der Waals surface area contributed by atoms with Crippen LogP contribution in [0.15, 0.2) is 102 Å². The molecule has 6 nitrogen and oxygen atoms in total. The Kier molecular flexibility index (Phi) is 7.92. The van der Waals surface area contributed by atoms with Gasteiger partial charge in [0.05, 0.1) is 12.0 Å². The molecule has 0 aliphatic carbocycles. The quantitative estimate of drug-likeness (QED) is 0.274. The molecule has 0 atom stereocenters. The Morgan fingerprint density at radius 1 is 0.750 bits per heavy atom. The topological polar surface area (TPSA) is 70.7 Å². The Hall–Kier alpha value is -4.23. The first-order chi connectivity index (χ1) is 17.4. The van der Waals surface area contributed by atoms with E-state index in [1.165, 1.54) is 11.9 Å². The molecule has 4 aromatic carbocycles. The van der Waals surface area contributed by atoms with Gasteiger partial charge in [-0.3, -0.25) is 9.59 Å². The van der Waals surface area contributed by atoms with Gasteiger partial charge >= 0.3 is 0 Å². The number of methoxy groups -OCH3 is 1. The van der Waals surface area contributed by atoms with Crippen LogP contribution in [0.3, 0.4) is 0 Å². The predicted octanol–water partition coefficient (Wildman–Crippen LogP) is 6.44. The van der Waals surface area contributed by atoms with Crippen LogP contribution in [0.2, 0.25) is 0 Å². The molecule has 0 spiro atoms. The minimum atomic E-state index is -0.162. The zero-order chi connectivity index (χ0) is 25.5. The molecule has 0 unspecified atom stereocenters. The second kappa shape index (κ2) is 11.5. The molecule has 2 N–H and O–H groups in total. The first-order valence-electron chi connectivity index (χ1n) is 11.3. The molecule has 182 valence electrons. The summed E-state index contributed by atoms with van der Waals surface area (Å²) in [4.78, 5) is 27.3. The van der Waals surface area contributed by atoms with Gasteiger partial charge in [-0.25, -0.2) is 0 Å². The number of carbonyl (C=O) groups is 2. The van der Waals surface area contributed by atoms with Crippen LogP contribution in [0.4, 0.5) is 11.4 Å². The minimum Gasteiger partial charge on any atom is -0.496 e. The molecule has 7 heteroatoms. The lowest BCUT2D eigenvalue weighted by molar-refractivity contribution is 0.0827. The van der Waals surface area contributed by atoms with E-state index in [2.05, 4.69) is 10.0 Å². The molecular formula is C29H27N3O3S. The van der Waals surface area contributed by atoms with Crippen molar-refractivity contribution in [2.45, 2.75) is 4.90 Å². The van der Waals surface area contributed by atoms with Crippen LogP contribution in [-0.4, -0.2) is 37.9 Å². The van der Waals surface area contributed by atoms with E-state index in [-0.39, 0.29) is 11.8 Å².